The smallest absolute Gasteiger partial charge is 0.326 e. The standard InChI is InChI=1S/C36H37ClFN7O3/c1-8-25(46)43-16-21-14-40-30-33(44(21)15-20(43)6)22-13-23(38)27(26-18(4)9-10-24-34(26)42(7)36(48)41-24)28(37)32(22)45(35(30)47)31-19(5)11-12-39-29(31)17(2)3/h8-13,17,20-21,40H,1,14-16H2,2-7H3,(H,41,48). The van der Waals surface area contributed by atoms with Gasteiger partial charge in [0.1, 0.15) is 11.5 Å². The van der Waals surface area contributed by atoms with Crippen LogP contribution >= 0.6 is 11.6 Å². The van der Waals surface area contributed by atoms with Gasteiger partial charge in [-0.25, -0.2) is 9.18 Å². The van der Waals surface area contributed by atoms with Crippen LogP contribution in [0.25, 0.3) is 38.8 Å². The number of carbonyl (C=O) groups is 1. The quantitative estimate of drug-likeness (QED) is 0.235. The summed E-state index contributed by atoms with van der Waals surface area (Å²) in [4.78, 5) is 51.8. The second-order valence-corrected chi connectivity index (χ2v) is 13.6. The van der Waals surface area contributed by atoms with Gasteiger partial charge in [0, 0.05) is 55.4 Å². The zero-order valence-corrected chi connectivity index (χ0v) is 28.5. The van der Waals surface area contributed by atoms with E-state index in [4.69, 9.17) is 11.6 Å². The minimum absolute atomic E-state index is 0.0442. The third-order valence-electron chi connectivity index (χ3n) is 9.87. The van der Waals surface area contributed by atoms with Crippen LogP contribution in [-0.2, 0) is 11.8 Å². The first-order valence-electron chi connectivity index (χ1n) is 16.0. The van der Waals surface area contributed by atoms with Crippen LogP contribution in [0.5, 0.6) is 0 Å². The number of piperazine rings is 1. The maximum atomic E-state index is 16.9. The molecule has 2 aliphatic rings. The molecule has 5 heterocycles. The van der Waals surface area contributed by atoms with E-state index < -0.39 is 5.82 Å². The number of aromatic amines is 1. The fourth-order valence-corrected chi connectivity index (χ4v) is 7.90. The third kappa shape index (κ3) is 4.51. The molecule has 1 saturated heterocycles. The number of fused-ring (bicyclic) bond motifs is 6. The Labute approximate surface area is 281 Å². The van der Waals surface area contributed by atoms with Crippen molar-refractivity contribution in [3.63, 3.8) is 0 Å². The lowest BCUT2D eigenvalue weighted by atomic mass is 9.94. The topological polar surface area (TPSA) is 108 Å². The number of halogens is 2. The molecule has 1 amide bonds. The molecule has 2 unspecified atom stereocenters. The van der Waals surface area contributed by atoms with Crippen LogP contribution < -0.4 is 21.5 Å². The molecule has 248 valence electrons. The van der Waals surface area contributed by atoms with E-state index in [2.05, 4.69) is 26.8 Å². The van der Waals surface area contributed by atoms with Gasteiger partial charge in [-0.15, -0.1) is 0 Å². The molecule has 1 fully saturated rings. The zero-order valence-electron chi connectivity index (χ0n) is 27.7. The Bertz CT molecular complexity index is 2320. The predicted octanol–water partition coefficient (Wildman–Crippen LogP) is 5.78. The molecule has 48 heavy (non-hydrogen) atoms. The SMILES string of the molecule is C=CC(=O)N1CC2CNc3c(c4cc(F)c(-c5c(C)ccc6[nH]c(=O)n(C)c56)c(Cl)c4n(-c4c(C)ccnc4C(C)C)c3=O)N2CC1C. The second kappa shape index (κ2) is 11.4. The number of pyridine rings is 2. The summed E-state index contributed by atoms with van der Waals surface area (Å²) in [6, 6.07) is 6.51. The van der Waals surface area contributed by atoms with Crippen LogP contribution in [0.15, 0.2) is 52.7 Å². The minimum atomic E-state index is -0.591. The van der Waals surface area contributed by atoms with Gasteiger partial charge in [0.2, 0.25) is 5.91 Å². The monoisotopic (exact) mass is 669 g/mol. The van der Waals surface area contributed by atoms with Gasteiger partial charge >= 0.3 is 5.69 Å². The second-order valence-electron chi connectivity index (χ2n) is 13.2. The first kappa shape index (κ1) is 31.7. The number of imidazole rings is 1. The molecule has 5 aromatic rings. The van der Waals surface area contributed by atoms with Crippen LogP contribution in [0.2, 0.25) is 5.02 Å². The number of H-pyrrole nitrogens is 1. The molecule has 0 aliphatic carbocycles. The fraction of sp³-hybridized carbons (Fsp3) is 0.333. The van der Waals surface area contributed by atoms with Gasteiger partial charge in [-0.05, 0) is 62.1 Å². The Morgan fingerprint density at radius 3 is 2.56 bits per heavy atom. The summed E-state index contributed by atoms with van der Waals surface area (Å²) in [6.45, 7) is 14.6. The summed E-state index contributed by atoms with van der Waals surface area (Å²) >= 11 is 7.43. The van der Waals surface area contributed by atoms with E-state index in [1.54, 1.807) is 28.8 Å². The molecule has 0 saturated carbocycles. The Morgan fingerprint density at radius 1 is 1.10 bits per heavy atom. The summed E-state index contributed by atoms with van der Waals surface area (Å²) in [5.74, 6) is -0.800. The maximum absolute atomic E-state index is 16.9. The van der Waals surface area contributed by atoms with Crippen molar-refractivity contribution in [3.05, 3.63) is 91.6 Å². The van der Waals surface area contributed by atoms with Crippen molar-refractivity contribution in [2.45, 2.75) is 52.6 Å². The van der Waals surface area contributed by atoms with Crippen molar-refractivity contribution in [3.8, 4) is 16.8 Å². The van der Waals surface area contributed by atoms with Crippen LogP contribution in [0.3, 0.4) is 0 Å². The molecule has 2 aliphatic heterocycles. The van der Waals surface area contributed by atoms with Crippen LogP contribution in [0.4, 0.5) is 15.8 Å². The van der Waals surface area contributed by atoms with E-state index in [-0.39, 0.29) is 45.7 Å². The van der Waals surface area contributed by atoms with Crippen molar-refractivity contribution < 1.29 is 9.18 Å². The van der Waals surface area contributed by atoms with Gasteiger partial charge in [0.15, 0.2) is 0 Å². The first-order chi connectivity index (χ1) is 22.8. The van der Waals surface area contributed by atoms with Crippen molar-refractivity contribution in [2.75, 3.05) is 29.9 Å². The molecule has 0 bridgehead atoms. The molecule has 7 rings (SSSR count). The lowest BCUT2D eigenvalue weighted by Gasteiger charge is -2.49. The molecule has 2 atom stereocenters. The number of rotatable bonds is 4. The first-order valence-corrected chi connectivity index (χ1v) is 16.4. The Kier molecular flexibility index (Phi) is 7.50. The molecule has 2 aromatic carbocycles. The summed E-state index contributed by atoms with van der Waals surface area (Å²) < 4.78 is 20.0. The van der Waals surface area contributed by atoms with Gasteiger partial charge in [-0.2, -0.15) is 0 Å². The lowest BCUT2D eigenvalue weighted by molar-refractivity contribution is -0.128. The molecule has 2 N–H and O–H groups in total. The van der Waals surface area contributed by atoms with Gasteiger partial charge in [0.05, 0.1) is 44.7 Å². The van der Waals surface area contributed by atoms with Gasteiger partial charge in [-0.3, -0.25) is 23.7 Å². The Balaban J connectivity index is 1.63. The average molecular weight is 670 g/mol. The number of aromatic nitrogens is 4. The zero-order chi connectivity index (χ0) is 34.3. The van der Waals surface area contributed by atoms with E-state index in [1.807, 2.05) is 46.8 Å². The highest BCUT2D eigenvalue weighted by molar-refractivity contribution is 6.39. The van der Waals surface area contributed by atoms with Crippen LogP contribution in [-0.4, -0.2) is 61.6 Å². The van der Waals surface area contributed by atoms with Crippen molar-refractivity contribution in [1.82, 2.24) is 24.0 Å². The molecule has 0 spiro atoms. The number of amides is 1. The Hall–Kier alpha value is -4.90. The number of hydrogen-bond donors (Lipinski definition) is 2. The fourth-order valence-electron chi connectivity index (χ4n) is 7.53. The molecule has 10 nitrogen and oxygen atoms in total. The van der Waals surface area contributed by atoms with Crippen LogP contribution in [0, 0.1) is 19.7 Å². The molecular formula is C36H37ClFN7O3. The third-order valence-corrected chi connectivity index (χ3v) is 10.2. The number of hydrogen-bond acceptors (Lipinski definition) is 6. The van der Waals surface area contributed by atoms with Gasteiger partial charge in [-0.1, -0.05) is 38.1 Å². The van der Waals surface area contributed by atoms with E-state index >= 15 is 4.39 Å². The molecule has 3 aromatic heterocycles. The van der Waals surface area contributed by atoms with Crippen LogP contribution in [0.1, 0.15) is 43.5 Å². The van der Waals surface area contributed by atoms with Crippen molar-refractivity contribution in [1.29, 1.82) is 0 Å². The molecular weight excluding hydrogens is 633 g/mol. The summed E-state index contributed by atoms with van der Waals surface area (Å²) in [6.07, 6.45) is 3.03. The predicted molar refractivity (Wildman–Crippen MR) is 189 cm³/mol. The van der Waals surface area contributed by atoms with E-state index in [0.717, 1.165) is 5.56 Å². The molecule has 0 radical (unpaired) electrons. The number of nitrogens with one attached hydrogen (secondary N) is 2. The highest BCUT2D eigenvalue weighted by Crippen LogP contribution is 2.47. The van der Waals surface area contributed by atoms with Gasteiger partial charge in [0.25, 0.3) is 5.56 Å². The number of aryl methyl sites for hydroxylation is 3. The summed E-state index contributed by atoms with van der Waals surface area (Å²) in [7, 11) is 1.63. The average Bonchev–Trinajstić information content (AvgIpc) is 3.34. The summed E-state index contributed by atoms with van der Waals surface area (Å²) in [5, 5.41) is 3.85. The normalized spacial score (nSPS) is 17.5. The highest BCUT2D eigenvalue weighted by Gasteiger charge is 2.40. The van der Waals surface area contributed by atoms with E-state index in [9.17, 15) is 14.4 Å². The minimum Gasteiger partial charge on any atom is -0.377 e. The Morgan fingerprint density at radius 2 is 1.85 bits per heavy atom. The summed E-state index contributed by atoms with van der Waals surface area (Å²) in [5.41, 5.74) is 4.95. The lowest BCUT2D eigenvalue weighted by Crippen LogP contribution is -2.62. The number of nitrogens with zero attached hydrogens (tertiary/aromatic N) is 5. The van der Waals surface area contributed by atoms with Crippen molar-refractivity contribution in [2.24, 2.45) is 7.05 Å². The number of anilines is 2. The van der Waals surface area contributed by atoms with Gasteiger partial charge < -0.3 is 20.1 Å². The maximum Gasteiger partial charge on any atom is 0.326 e. The number of benzene rings is 2. The van der Waals surface area contributed by atoms with Crippen molar-refractivity contribution >= 4 is 50.8 Å². The number of carbonyl (C=O) groups excluding carboxylic acids is 1. The van der Waals surface area contributed by atoms with E-state index in [1.165, 1.54) is 16.7 Å². The van der Waals surface area contributed by atoms with E-state index in [0.29, 0.717) is 75.5 Å². The molecule has 12 heteroatoms. The highest BCUT2D eigenvalue weighted by atomic mass is 35.5. The largest absolute Gasteiger partial charge is 0.377 e.